The number of hydrogen-bond donors (Lipinski definition) is 1. The predicted octanol–water partition coefficient (Wildman–Crippen LogP) is 2.79. The van der Waals surface area contributed by atoms with Crippen molar-refractivity contribution in [3.05, 3.63) is 29.6 Å². The van der Waals surface area contributed by atoms with Crippen LogP contribution in [0.15, 0.2) is 18.2 Å². The summed E-state index contributed by atoms with van der Waals surface area (Å²) in [7, 11) is 1.66. The molecule has 1 aromatic rings. The number of benzene rings is 1. The van der Waals surface area contributed by atoms with Crippen LogP contribution in [0.5, 0.6) is 5.75 Å². The first-order chi connectivity index (χ1) is 8.06. The smallest absolute Gasteiger partial charge is 0.256 e. The highest BCUT2D eigenvalue weighted by molar-refractivity contribution is 5.94. The third-order valence-corrected chi connectivity index (χ3v) is 2.63. The second kappa shape index (κ2) is 6.23. The number of amides is 1. The zero-order valence-corrected chi connectivity index (χ0v) is 10.2. The molecule has 0 aliphatic rings. The number of phenolic OH excluding ortho intramolecular Hbond substituents is 1. The Balaban J connectivity index is 2.68. The van der Waals surface area contributed by atoms with Gasteiger partial charge in [0, 0.05) is 19.7 Å². The molecule has 1 aromatic carbocycles. The molecule has 94 valence electrons. The molecule has 0 fully saturated rings. The minimum absolute atomic E-state index is 0.00167. The summed E-state index contributed by atoms with van der Waals surface area (Å²) >= 11 is 0. The van der Waals surface area contributed by atoms with Crippen molar-refractivity contribution in [2.24, 2.45) is 0 Å². The molecule has 1 rings (SSSR count). The largest absolute Gasteiger partial charge is 0.508 e. The highest BCUT2D eigenvalue weighted by Crippen LogP contribution is 2.16. The first kappa shape index (κ1) is 13.5. The number of aromatic hydroxyl groups is 1. The molecule has 0 unspecified atom stereocenters. The fraction of sp³-hybridized carbons (Fsp3) is 0.462. The number of phenols is 1. The Morgan fingerprint density at radius 2 is 2.12 bits per heavy atom. The van der Waals surface area contributed by atoms with Crippen LogP contribution in [0.25, 0.3) is 0 Å². The normalized spacial score (nSPS) is 10.3. The van der Waals surface area contributed by atoms with E-state index >= 15 is 0 Å². The highest BCUT2D eigenvalue weighted by Gasteiger charge is 2.15. The summed E-state index contributed by atoms with van der Waals surface area (Å²) in [6.07, 6.45) is 3.05. The van der Waals surface area contributed by atoms with Crippen molar-refractivity contribution in [3.63, 3.8) is 0 Å². The first-order valence-electron chi connectivity index (χ1n) is 5.80. The van der Waals surface area contributed by atoms with Gasteiger partial charge in [0.25, 0.3) is 5.91 Å². The lowest BCUT2D eigenvalue weighted by Gasteiger charge is -2.17. The average Bonchev–Trinajstić information content (AvgIpc) is 2.28. The number of carbonyl (C=O) groups is 1. The van der Waals surface area contributed by atoms with Gasteiger partial charge in [-0.15, -0.1) is 0 Å². The number of nitrogens with zero attached hydrogens (tertiary/aromatic N) is 1. The average molecular weight is 239 g/mol. The predicted molar refractivity (Wildman–Crippen MR) is 64.6 cm³/mol. The van der Waals surface area contributed by atoms with Gasteiger partial charge in [-0.05, 0) is 18.6 Å². The van der Waals surface area contributed by atoms with Gasteiger partial charge in [-0.3, -0.25) is 4.79 Å². The lowest BCUT2D eigenvalue weighted by Crippen LogP contribution is -2.28. The number of unbranched alkanes of at least 4 members (excludes halogenated alkanes) is 2. The van der Waals surface area contributed by atoms with Gasteiger partial charge in [0.05, 0.1) is 5.56 Å². The van der Waals surface area contributed by atoms with E-state index in [0.717, 1.165) is 25.3 Å². The number of halogens is 1. The fourth-order valence-corrected chi connectivity index (χ4v) is 1.58. The van der Waals surface area contributed by atoms with Gasteiger partial charge in [-0.1, -0.05) is 19.8 Å². The summed E-state index contributed by atoms with van der Waals surface area (Å²) < 4.78 is 13.4. The van der Waals surface area contributed by atoms with Crippen LogP contribution in [-0.4, -0.2) is 29.5 Å². The summed E-state index contributed by atoms with van der Waals surface area (Å²) in [4.78, 5) is 13.4. The second-order valence-corrected chi connectivity index (χ2v) is 4.10. The van der Waals surface area contributed by atoms with Gasteiger partial charge < -0.3 is 10.0 Å². The first-order valence-corrected chi connectivity index (χ1v) is 5.80. The zero-order chi connectivity index (χ0) is 12.8. The van der Waals surface area contributed by atoms with E-state index in [4.69, 9.17) is 5.11 Å². The Morgan fingerprint density at radius 3 is 2.71 bits per heavy atom. The molecule has 4 heteroatoms. The van der Waals surface area contributed by atoms with Crippen LogP contribution in [-0.2, 0) is 0 Å². The van der Waals surface area contributed by atoms with E-state index < -0.39 is 5.82 Å². The van der Waals surface area contributed by atoms with E-state index in [2.05, 4.69) is 6.92 Å². The van der Waals surface area contributed by atoms with Crippen LogP contribution in [0.4, 0.5) is 4.39 Å². The molecule has 0 radical (unpaired) electrons. The van der Waals surface area contributed by atoms with Gasteiger partial charge in [0.1, 0.15) is 11.6 Å². The quantitative estimate of drug-likeness (QED) is 0.803. The van der Waals surface area contributed by atoms with Crippen LogP contribution >= 0.6 is 0 Å². The third kappa shape index (κ3) is 3.73. The lowest BCUT2D eigenvalue weighted by molar-refractivity contribution is 0.0788. The van der Waals surface area contributed by atoms with Crippen molar-refractivity contribution in [3.8, 4) is 5.75 Å². The van der Waals surface area contributed by atoms with E-state index in [9.17, 15) is 9.18 Å². The molecule has 0 aromatic heterocycles. The highest BCUT2D eigenvalue weighted by atomic mass is 19.1. The number of carbonyl (C=O) groups excluding carboxylic acids is 1. The maximum atomic E-state index is 13.4. The van der Waals surface area contributed by atoms with Crippen LogP contribution < -0.4 is 0 Å². The second-order valence-electron chi connectivity index (χ2n) is 4.10. The Bertz CT molecular complexity index is 393. The molecule has 0 aliphatic heterocycles. The molecular formula is C13H18FNO2. The van der Waals surface area contributed by atoms with E-state index in [1.54, 1.807) is 7.05 Å². The van der Waals surface area contributed by atoms with Gasteiger partial charge in [0.15, 0.2) is 0 Å². The molecule has 3 nitrogen and oxygen atoms in total. The number of rotatable bonds is 5. The molecule has 1 N–H and O–H groups in total. The molecule has 0 bridgehead atoms. The van der Waals surface area contributed by atoms with Gasteiger partial charge >= 0.3 is 0 Å². The van der Waals surface area contributed by atoms with E-state index in [-0.39, 0.29) is 17.2 Å². The molecule has 0 saturated carbocycles. The monoisotopic (exact) mass is 239 g/mol. The number of hydrogen-bond acceptors (Lipinski definition) is 2. The standard InChI is InChI=1S/C13H18FNO2/c1-3-4-5-8-15(2)13(17)11-7-6-10(16)9-12(11)14/h6-7,9,16H,3-5,8H2,1-2H3. The minimum atomic E-state index is -0.683. The summed E-state index contributed by atoms with van der Waals surface area (Å²) in [5, 5.41) is 9.07. The van der Waals surface area contributed by atoms with E-state index in [1.165, 1.54) is 17.0 Å². The Kier molecular flexibility index (Phi) is 4.94. The molecule has 0 spiro atoms. The maximum absolute atomic E-state index is 13.4. The third-order valence-electron chi connectivity index (χ3n) is 2.63. The van der Waals surface area contributed by atoms with Crippen molar-refractivity contribution >= 4 is 5.91 Å². The van der Waals surface area contributed by atoms with Crippen molar-refractivity contribution < 1.29 is 14.3 Å². The summed E-state index contributed by atoms with van der Waals surface area (Å²) in [5.74, 6) is -1.20. The molecular weight excluding hydrogens is 221 g/mol. The van der Waals surface area contributed by atoms with Crippen molar-refractivity contribution in [2.75, 3.05) is 13.6 Å². The Labute approximate surface area is 101 Å². The molecule has 0 atom stereocenters. The molecule has 0 saturated heterocycles. The van der Waals surface area contributed by atoms with Crippen LogP contribution in [0, 0.1) is 5.82 Å². The van der Waals surface area contributed by atoms with Gasteiger partial charge in [0.2, 0.25) is 0 Å². The van der Waals surface area contributed by atoms with Gasteiger partial charge in [-0.2, -0.15) is 0 Å². The zero-order valence-electron chi connectivity index (χ0n) is 10.2. The summed E-state index contributed by atoms with van der Waals surface area (Å²) in [6, 6.07) is 3.58. The van der Waals surface area contributed by atoms with Crippen molar-refractivity contribution in [1.82, 2.24) is 4.90 Å². The molecule has 0 heterocycles. The Morgan fingerprint density at radius 1 is 1.41 bits per heavy atom. The van der Waals surface area contributed by atoms with Crippen LogP contribution in [0.1, 0.15) is 36.5 Å². The van der Waals surface area contributed by atoms with E-state index in [1.807, 2.05) is 0 Å². The molecule has 17 heavy (non-hydrogen) atoms. The molecule has 1 amide bonds. The van der Waals surface area contributed by atoms with E-state index in [0.29, 0.717) is 6.54 Å². The molecule has 0 aliphatic carbocycles. The van der Waals surface area contributed by atoms with Crippen molar-refractivity contribution in [2.45, 2.75) is 26.2 Å². The van der Waals surface area contributed by atoms with Crippen LogP contribution in [0.2, 0.25) is 0 Å². The minimum Gasteiger partial charge on any atom is -0.508 e. The summed E-state index contributed by atoms with van der Waals surface area (Å²) in [5.41, 5.74) is 0.00167. The lowest BCUT2D eigenvalue weighted by atomic mass is 10.1. The van der Waals surface area contributed by atoms with Crippen LogP contribution in [0.3, 0.4) is 0 Å². The van der Waals surface area contributed by atoms with Crippen molar-refractivity contribution in [1.29, 1.82) is 0 Å². The van der Waals surface area contributed by atoms with Gasteiger partial charge in [-0.25, -0.2) is 4.39 Å². The SMILES string of the molecule is CCCCCN(C)C(=O)c1ccc(O)cc1F. The fourth-order valence-electron chi connectivity index (χ4n) is 1.58. The topological polar surface area (TPSA) is 40.5 Å². The summed E-state index contributed by atoms with van der Waals surface area (Å²) in [6.45, 7) is 2.70. The maximum Gasteiger partial charge on any atom is 0.256 e. The Hall–Kier alpha value is -1.58.